The number of fused-ring (bicyclic) bond motifs is 2. The number of hydrogen-bond acceptors (Lipinski definition) is 5. The molecule has 0 saturated heterocycles. The van der Waals surface area contributed by atoms with E-state index in [9.17, 15) is 9.90 Å². The van der Waals surface area contributed by atoms with Gasteiger partial charge in [-0.3, -0.25) is 0 Å². The van der Waals surface area contributed by atoms with Gasteiger partial charge < -0.3 is 18.7 Å². The molecule has 1 N–H and O–H groups in total. The Kier molecular flexibility index (Phi) is 5.00. The Morgan fingerprint density at radius 2 is 2.00 bits per heavy atom. The normalized spacial score (nSPS) is 13.2. The molecule has 136 valence electrons. The second kappa shape index (κ2) is 7.22. The van der Waals surface area contributed by atoms with Crippen LogP contribution in [-0.4, -0.2) is 17.3 Å². The number of hydrogen-bond donors (Lipinski definition) is 1. The van der Waals surface area contributed by atoms with Crippen LogP contribution in [0.3, 0.4) is 0 Å². The van der Waals surface area contributed by atoms with Gasteiger partial charge in [0.1, 0.15) is 23.5 Å². The summed E-state index contributed by atoms with van der Waals surface area (Å²) in [6.45, 7) is 5.86. The van der Waals surface area contributed by atoms with E-state index < -0.39 is 11.2 Å². The molecule has 0 bridgehead atoms. The Morgan fingerprint density at radius 1 is 1.23 bits per heavy atom. The van der Waals surface area contributed by atoms with Gasteiger partial charge >= 0.3 is 5.63 Å². The average molecular weight is 354 g/mol. The van der Waals surface area contributed by atoms with Gasteiger partial charge in [0.2, 0.25) is 0 Å². The van der Waals surface area contributed by atoms with E-state index in [0.717, 1.165) is 22.8 Å². The Balaban J connectivity index is 1.81. The lowest BCUT2D eigenvalue weighted by molar-refractivity contribution is 0.133. The SMILES string of the molecule is C/C(=C\COc1c2ccoc2cc2oc(=O)ccc12)C/C=C/C(C)(C)O. The van der Waals surface area contributed by atoms with Gasteiger partial charge in [-0.05, 0) is 45.4 Å². The molecule has 5 nitrogen and oxygen atoms in total. The molecule has 3 aromatic rings. The highest BCUT2D eigenvalue weighted by molar-refractivity contribution is 6.01. The Morgan fingerprint density at radius 3 is 2.77 bits per heavy atom. The van der Waals surface area contributed by atoms with Gasteiger partial charge in [-0.2, -0.15) is 0 Å². The number of rotatable bonds is 6. The zero-order chi connectivity index (χ0) is 18.7. The molecule has 0 amide bonds. The van der Waals surface area contributed by atoms with E-state index in [1.165, 1.54) is 6.07 Å². The Bertz CT molecular complexity index is 1030. The molecule has 2 heterocycles. The van der Waals surface area contributed by atoms with E-state index in [1.54, 1.807) is 38.3 Å². The van der Waals surface area contributed by atoms with Crippen LogP contribution in [0.5, 0.6) is 5.75 Å². The molecule has 0 atom stereocenters. The van der Waals surface area contributed by atoms with Crippen LogP contribution in [0.15, 0.2) is 68.0 Å². The van der Waals surface area contributed by atoms with E-state index >= 15 is 0 Å². The van der Waals surface area contributed by atoms with Crippen LogP contribution in [0.2, 0.25) is 0 Å². The van der Waals surface area contributed by atoms with Crippen molar-refractivity contribution >= 4 is 21.9 Å². The standard InChI is InChI=1S/C21H22O5/c1-14(5-4-10-21(2,3)23)8-11-25-20-15-6-7-19(22)26-18(15)13-17-16(20)9-12-24-17/h4,6-10,12-13,23H,5,11H2,1-3H3/b10-4+,14-8+. The Hall–Kier alpha value is -2.79. The molecule has 0 aliphatic carbocycles. The summed E-state index contributed by atoms with van der Waals surface area (Å²) in [6.07, 6.45) is 8.01. The molecular formula is C21H22O5. The van der Waals surface area contributed by atoms with Crippen LogP contribution < -0.4 is 10.4 Å². The topological polar surface area (TPSA) is 72.8 Å². The first-order valence-electron chi connectivity index (χ1n) is 8.46. The number of allylic oxidation sites excluding steroid dienone is 2. The molecule has 0 fully saturated rings. The highest BCUT2D eigenvalue weighted by atomic mass is 16.5. The predicted molar refractivity (Wildman–Crippen MR) is 102 cm³/mol. The molecule has 0 aliphatic heterocycles. The van der Waals surface area contributed by atoms with E-state index in [4.69, 9.17) is 13.6 Å². The third-order valence-corrected chi connectivity index (χ3v) is 3.93. The second-order valence-corrected chi connectivity index (χ2v) is 6.83. The molecule has 0 saturated carbocycles. The summed E-state index contributed by atoms with van der Waals surface area (Å²) >= 11 is 0. The lowest BCUT2D eigenvalue weighted by atomic mass is 10.1. The van der Waals surface area contributed by atoms with Crippen LogP contribution in [-0.2, 0) is 0 Å². The van der Waals surface area contributed by atoms with Crippen molar-refractivity contribution < 1.29 is 18.7 Å². The summed E-state index contributed by atoms with van der Waals surface area (Å²) in [6, 6.07) is 6.61. The van der Waals surface area contributed by atoms with Gasteiger partial charge in [0.15, 0.2) is 0 Å². The number of furan rings is 1. The van der Waals surface area contributed by atoms with Crippen molar-refractivity contribution in [1.82, 2.24) is 0 Å². The molecule has 0 radical (unpaired) electrons. The zero-order valence-corrected chi connectivity index (χ0v) is 15.1. The van der Waals surface area contributed by atoms with Gasteiger partial charge in [0, 0.05) is 12.1 Å². The summed E-state index contributed by atoms with van der Waals surface area (Å²) in [5.74, 6) is 0.631. The fraction of sp³-hybridized carbons (Fsp3) is 0.286. The van der Waals surface area contributed by atoms with E-state index in [0.29, 0.717) is 23.5 Å². The number of aliphatic hydroxyl groups is 1. The lowest BCUT2D eigenvalue weighted by Gasteiger charge is -2.10. The first-order chi connectivity index (χ1) is 12.3. The average Bonchev–Trinajstić information content (AvgIpc) is 3.00. The zero-order valence-electron chi connectivity index (χ0n) is 15.1. The van der Waals surface area contributed by atoms with Crippen molar-refractivity contribution in [2.24, 2.45) is 0 Å². The molecule has 1 aromatic carbocycles. The predicted octanol–water partition coefficient (Wildman–Crippen LogP) is 4.58. The minimum absolute atomic E-state index is 0.376. The second-order valence-electron chi connectivity index (χ2n) is 6.83. The molecule has 26 heavy (non-hydrogen) atoms. The summed E-state index contributed by atoms with van der Waals surface area (Å²) in [5.41, 5.74) is 0.945. The van der Waals surface area contributed by atoms with Crippen molar-refractivity contribution in [3.63, 3.8) is 0 Å². The quantitative estimate of drug-likeness (QED) is 0.518. The molecule has 0 aliphatic rings. The smallest absolute Gasteiger partial charge is 0.336 e. The van der Waals surface area contributed by atoms with Crippen LogP contribution >= 0.6 is 0 Å². The van der Waals surface area contributed by atoms with E-state index in [2.05, 4.69) is 0 Å². The molecule has 3 rings (SSSR count). The Labute approximate surface area is 151 Å². The van der Waals surface area contributed by atoms with Crippen LogP contribution in [0.25, 0.3) is 21.9 Å². The van der Waals surface area contributed by atoms with E-state index in [-0.39, 0.29) is 0 Å². The van der Waals surface area contributed by atoms with Gasteiger partial charge in [-0.1, -0.05) is 17.7 Å². The minimum atomic E-state index is -0.809. The summed E-state index contributed by atoms with van der Waals surface area (Å²) in [4.78, 5) is 11.5. The molecule has 0 spiro atoms. The van der Waals surface area contributed by atoms with Gasteiger partial charge in [-0.15, -0.1) is 0 Å². The highest BCUT2D eigenvalue weighted by Crippen LogP contribution is 2.35. The first kappa shape index (κ1) is 18.0. The summed E-state index contributed by atoms with van der Waals surface area (Å²) in [5, 5.41) is 11.2. The van der Waals surface area contributed by atoms with Crippen molar-refractivity contribution in [2.75, 3.05) is 6.61 Å². The van der Waals surface area contributed by atoms with Crippen LogP contribution in [0.1, 0.15) is 27.2 Å². The fourth-order valence-electron chi connectivity index (χ4n) is 2.65. The largest absolute Gasteiger partial charge is 0.488 e. The highest BCUT2D eigenvalue weighted by Gasteiger charge is 2.13. The number of benzene rings is 1. The minimum Gasteiger partial charge on any atom is -0.488 e. The number of ether oxygens (including phenoxy) is 1. The lowest BCUT2D eigenvalue weighted by Crippen LogP contribution is -2.13. The molecule has 0 unspecified atom stereocenters. The molecular weight excluding hydrogens is 332 g/mol. The molecule has 5 heteroatoms. The molecule has 2 aromatic heterocycles. The third kappa shape index (κ3) is 4.24. The maximum absolute atomic E-state index is 11.5. The first-order valence-corrected chi connectivity index (χ1v) is 8.46. The van der Waals surface area contributed by atoms with E-state index in [1.807, 2.05) is 25.1 Å². The monoisotopic (exact) mass is 354 g/mol. The maximum Gasteiger partial charge on any atom is 0.336 e. The van der Waals surface area contributed by atoms with Crippen molar-refractivity contribution in [3.8, 4) is 5.75 Å². The summed E-state index contributed by atoms with van der Waals surface area (Å²) in [7, 11) is 0. The maximum atomic E-state index is 11.5. The van der Waals surface area contributed by atoms with Crippen LogP contribution in [0, 0.1) is 0 Å². The summed E-state index contributed by atoms with van der Waals surface area (Å²) < 4.78 is 16.7. The van der Waals surface area contributed by atoms with Crippen molar-refractivity contribution in [2.45, 2.75) is 32.8 Å². The van der Waals surface area contributed by atoms with Crippen molar-refractivity contribution in [1.29, 1.82) is 0 Å². The van der Waals surface area contributed by atoms with Crippen LogP contribution in [0.4, 0.5) is 0 Å². The van der Waals surface area contributed by atoms with Gasteiger partial charge in [0.25, 0.3) is 0 Å². The van der Waals surface area contributed by atoms with Crippen molar-refractivity contribution in [3.05, 3.63) is 64.7 Å². The van der Waals surface area contributed by atoms with Gasteiger partial charge in [-0.25, -0.2) is 4.79 Å². The fourth-order valence-corrected chi connectivity index (χ4v) is 2.65. The van der Waals surface area contributed by atoms with Gasteiger partial charge in [0.05, 0.1) is 22.6 Å². The third-order valence-electron chi connectivity index (χ3n) is 3.93.